The fourth-order valence-corrected chi connectivity index (χ4v) is 4.03. The molecule has 1 aromatic heterocycles. The minimum absolute atomic E-state index is 0.0326. The second kappa shape index (κ2) is 8.03. The SMILES string of the molecule is COc1ccc([C@@H]2CCCN2C(=O)C[C@H](C)n2nc(C)cc2C)c(OC)c1. The molecule has 1 aliphatic heterocycles. The third-order valence-corrected chi connectivity index (χ3v) is 5.30. The van der Waals surface area contributed by atoms with E-state index in [1.807, 2.05) is 47.7 Å². The van der Waals surface area contributed by atoms with Gasteiger partial charge in [-0.15, -0.1) is 0 Å². The monoisotopic (exact) mass is 371 g/mol. The van der Waals surface area contributed by atoms with Crippen LogP contribution in [0.1, 0.15) is 55.2 Å². The summed E-state index contributed by atoms with van der Waals surface area (Å²) in [6.07, 6.45) is 2.39. The fourth-order valence-electron chi connectivity index (χ4n) is 4.03. The summed E-state index contributed by atoms with van der Waals surface area (Å²) in [5.74, 6) is 1.69. The van der Waals surface area contributed by atoms with Gasteiger partial charge in [0.15, 0.2) is 0 Å². The molecule has 1 amide bonds. The number of methoxy groups -OCH3 is 2. The molecular weight excluding hydrogens is 342 g/mol. The molecule has 27 heavy (non-hydrogen) atoms. The Morgan fingerprint density at radius 1 is 1.26 bits per heavy atom. The third kappa shape index (κ3) is 3.94. The van der Waals surface area contributed by atoms with E-state index in [1.165, 1.54) is 0 Å². The number of hydrogen-bond donors (Lipinski definition) is 0. The number of benzene rings is 1. The molecule has 1 fully saturated rings. The van der Waals surface area contributed by atoms with Crippen molar-refractivity contribution in [3.63, 3.8) is 0 Å². The van der Waals surface area contributed by atoms with Crippen LogP contribution < -0.4 is 9.47 Å². The normalized spacial score (nSPS) is 17.8. The average Bonchev–Trinajstić information content (AvgIpc) is 3.27. The summed E-state index contributed by atoms with van der Waals surface area (Å²) >= 11 is 0. The Morgan fingerprint density at radius 2 is 2.04 bits per heavy atom. The second-order valence-electron chi connectivity index (χ2n) is 7.28. The Hall–Kier alpha value is -2.50. The number of likely N-dealkylation sites (tertiary alicyclic amines) is 1. The second-order valence-corrected chi connectivity index (χ2v) is 7.28. The van der Waals surface area contributed by atoms with Crippen LogP contribution in [0.4, 0.5) is 0 Å². The minimum atomic E-state index is 0.0326. The van der Waals surface area contributed by atoms with Crippen molar-refractivity contribution in [1.29, 1.82) is 0 Å². The van der Waals surface area contributed by atoms with Crippen LogP contribution in [-0.2, 0) is 4.79 Å². The predicted molar refractivity (Wildman–Crippen MR) is 104 cm³/mol. The van der Waals surface area contributed by atoms with E-state index in [0.717, 1.165) is 47.8 Å². The summed E-state index contributed by atoms with van der Waals surface area (Å²) in [5.41, 5.74) is 3.11. The fraction of sp³-hybridized carbons (Fsp3) is 0.524. The number of ether oxygens (including phenoxy) is 2. The van der Waals surface area contributed by atoms with Crippen molar-refractivity contribution >= 4 is 5.91 Å². The smallest absolute Gasteiger partial charge is 0.225 e. The van der Waals surface area contributed by atoms with Crippen LogP contribution in [0.3, 0.4) is 0 Å². The zero-order valence-corrected chi connectivity index (χ0v) is 16.9. The number of hydrogen-bond acceptors (Lipinski definition) is 4. The van der Waals surface area contributed by atoms with E-state index in [9.17, 15) is 4.79 Å². The minimum Gasteiger partial charge on any atom is -0.497 e. The highest BCUT2D eigenvalue weighted by molar-refractivity contribution is 5.77. The first-order chi connectivity index (χ1) is 12.9. The molecule has 1 aromatic carbocycles. The lowest BCUT2D eigenvalue weighted by molar-refractivity contribution is -0.133. The maximum atomic E-state index is 13.1. The zero-order chi connectivity index (χ0) is 19.6. The molecule has 6 nitrogen and oxygen atoms in total. The lowest BCUT2D eigenvalue weighted by Crippen LogP contribution is -2.32. The van der Waals surface area contributed by atoms with Gasteiger partial charge in [0.25, 0.3) is 0 Å². The highest BCUT2D eigenvalue weighted by Gasteiger charge is 2.32. The van der Waals surface area contributed by atoms with Crippen molar-refractivity contribution < 1.29 is 14.3 Å². The average molecular weight is 371 g/mol. The van der Waals surface area contributed by atoms with E-state index in [-0.39, 0.29) is 18.0 Å². The number of carbonyl (C=O) groups is 1. The number of carbonyl (C=O) groups excluding carboxylic acids is 1. The molecule has 0 bridgehead atoms. The van der Waals surface area contributed by atoms with Crippen molar-refractivity contribution in [1.82, 2.24) is 14.7 Å². The van der Waals surface area contributed by atoms with Gasteiger partial charge in [0.05, 0.1) is 32.0 Å². The van der Waals surface area contributed by atoms with Gasteiger partial charge in [-0.05, 0) is 51.8 Å². The maximum absolute atomic E-state index is 13.1. The number of aryl methyl sites for hydroxylation is 2. The molecule has 0 unspecified atom stereocenters. The van der Waals surface area contributed by atoms with Crippen LogP contribution in [0.2, 0.25) is 0 Å². The first-order valence-corrected chi connectivity index (χ1v) is 9.48. The first-order valence-electron chi connectivity index (χ1n) is 9.48. The van der Waals surface area contributed by atoms with Gasteiger partial charge in [-0.3, -0.25) is 9.48 Å². The molecule has 0 radical (unpaired) electrons. The number of amides is 1. The quantitative estimate of drug-likeness (QED) is 0.774. The molecule has 2 aromatic rings. The van der Waals surface area contributed by atoms with Crippen molar-refractivity contribution in [3.8, 4) is 11.5 Å². The van der Waals surface area contributed by atoms with Crippen molar-refractivity contribution in [2.75, 3.05) is 20.8 Å². The molecular formula is C21H29N3O3. The highest BCUT2D eigenvalue weighted by Crippen LogP contribution is 2.39. The molecule has 0 aliphatic carbocycles. The summed E-state index contributed by atoms with van der Waals surface area (Å²) < 4.78 is 12.8. The topological polar surface area (TPSA) is 56.6 Å². The van der Waals surface area contributed by atoms with Crippen LogP contribution in [0.5, 0.6) is 11.5 Å². The largest absolute Gasteiger partial charge is 0.497 e. The summed E-state index contributed by atoms with van der Waals surface area (Å²) in [7, 11) is 3.30. The van der Waals surface area contributed by atoms with E-state index in [4.69, 9.17) is 9.47 Å². The summed E-state index contributed by atoms with van der Waals surface area (Å²) in [5, 5.41) is 4.53. The van der Waals surface area contributed by atoms with Gasteiger partial charge in [0, 0.05) is 30.3 Å². The van der Waals surface area contributed by atoms with E-state index >= 15 is 0 Å². The van der Waals surface area contributed by atoms with E-state index in [1.54, 1.807) is 14.2 Å². The number of rotatable bonds is 6. The van der Waals surface area contributed by atoms with E-state index < -0.39 is 0 Å². The lowest BCUT2D eigenvalue weighted by Gasteiger charge is -2.28. The number of aromatic nitrogens is 2. The number of nitrogens with zero attached hydrogens (tertiary/aromatic N) is 3. The Labute approximate surface area is 161 Å². The Balaban J connectivity index is 1.78. The summed E-state index contributed by atoms with van der Waals surface area (Å²) in [6, 6.07) is 7.95. The molecule has 146 valence electrons. The standard InChI is InChI=1S/C21H29N3O3/c1-14-11-15(2)24(22-14)16(3)12-21(25)23-10-6-7-19(23)18-9-8-17(26-4)13-20(18)27-5/h8-9,11,13,16,19H,6-7,10,12H2,1-5H3/t16-,19-/m0/s1. The summed E-state index contributed by atoms with van der Waals surface area (Å²) in [6.45, 7) is 6.84. The van der Waals surface area contributed by atoms with Crippen LogP contribution in [-0.4, -0.2) is 41.4 Å². The molecule has 6 heteroatoms. The predicted octanol–water partition coefficient (Wildman–Crippen LogP) is 3.83. The van der Waals surface area contributed by atoms with E-state index in [0.29, 0.717) is 6.42 Å². The summed E-state index contributed by atoms with van der Waals surface area (Å²) in [4.78, 5) is 15.1. The third-order valence-electron chi connectivity index (χ3n) is 5.30. The van der Waals surface area contributed by atoms with Gasteiger partial charge in [-0.1, -0.05) is 0 Å². The molecule has 0 spiro atoms. The van der Waals surface area contributed by atoms with Gasteiger partial charge in [-0.25, -0.2) is 0 Å². The molecule has 2 heterocycles. The molecule has 0 N–H and O–H groups in total. The molecule has 3 rings (SSSR count). The Morgan fingerprint density at radius 3 is 2.67 bits per heavy atom. The van der Waals surface area contributed by atoms with Crippen LogP contribution >= 0.6 is 0 Å². The van der Waals surface area contributed by atoms with Gasteiger partial charge in [-0.2, -0.15) is 5.10 Å². The van der Waals surface area contributed by atoms with Crippen molar-refractivity contribution in [2.24, 2.45) is 0 Å². The van der Waals surface area contributed by atoms with Gasteiger partial charge >= 0.3 is 0 Å². The maximum Gasteiger partial charge on any atom is 0.225 e. The molecule has 1 saturated heterocycles. The molecule has 2 atom stereocenters. The van der Waals surface area contributed by atoms with Crippen molar-refractivity contribution in [3.05, 3.63) is 41.2 Å². The van der Waals surface area contributed by atoms with Crippen molar-refractivity contribution in [2.45, 2.75) is 52.1 Å². The lowest BCUT2D eigenvalue weighted by atomic mass is 10.0. The molecule has 1 aliphatic rings. The van der Waals surface area contributed by atoms with Crippen LogP contribution in [0.15, 0.2) is 24.3 Å². The Bertz CT molecular complexity index is 815. The van der Waals surface area contributed by atoms with Gasteiger partial charge < -0.3 is 14.4 Å². The van der Waals surface area contributed by atoms with E-state index in [2.05, 4.69) is 12.0 Å². The highest BCUT2D eigenvalue weighted by atomic mass is 16.5. The zero-order valence-electron chi connectivity index (χ0n) is 16.9. The van der Waals surface area contributed by atoms with Crippen LogP contribution in [0, 0.1) is 13.8 Å². The van der Waals surface area contributed by atoms with Gasteiger partial charge in [0.1, 0.15) is 11.5 Å². The Kier molecular flexibility index (Phi) is 5.73. The first kappa shape index (κ1) is 19.3. The molecule has 0 saturated carbocycles. The van der Waals surface area contributed by atoms with Crippen LogP contribution in [0.25, 0.3) is 0 Å². The van der Waals surface area contributed by atoms with Gasteiger partial charge in [0.2, 0.25) is 5.91 Å².